The fourth-order valence-electron chi connectivity index (χ4n) is 2.40. The molecule has 28 heavy (non-hydrogen) atoms. The van der Waals surface area contributed by atoms with Crippen LogP contribution < -0.4 is 20.1 Å². The molecular weight excluding hydrogens is 356 g/mol. The van der Waals surface area contributed by atoms with Gasteiger partial charge in [-0.15, -0.1) is 0 Å². The maximum atomic E-state index is 11.8. The number of ether oxygens (including phenoxy) is 2. The molecule has 0 aliphatic rings. The highest BCUT2D eigenvalue weighted by Gasteiger charge is 2.07. The molecule has 3 aromatic rings. The predicted octanol–water partition coefficient (Wildman–Crippen LogP) is 4.26. The number of rotatable bonds is 6. The van der Waals surface area contributed by atoms with E-state index in [4.69, 9.17) is 9.47 Å². The van der Waals surface area contributed by atoms with Crippen molar-refractivity contribution in [3.05, 3.63) is 96.1 Å². The van der Waals surface area contributed by atoms with E-state index in [2.05, 4.69) is 10.6 Å². The van der Waals surface area contributed by atoms with Crippen molar-refractivity contribution in [1.82, 2.24) is 10.6 Å². The van der Waals surface area contributed by atoms with Gasteiger partial charge in [-0.2, -0.15) is 0 Å². The number of carbonyl (C=O) groups is 2. The lowest BCUT2D eigenvalue weighted by Gasteiger charge is -2.09. The molecule has 0 heterocycles. The van der Waals surface area contributed by atoms with E-state index in [-0.39, 0.29) is 0 Å². The quantitative estimate of drug-likeness (QED) is 0.674. The molecule has 0 aliphatic carbocycles. The number of amides is 2. The van der Waals surface area contributed by atoms with Gasteiger partial charge in [0.1, 0.15) is 11.5 Å². The van der Waals surface area contributed by atoms with Crippen molar-refractivity contribution in [2.24, 2.45) is 0 Å². The van der Waals surface area contributed by atoms with E-state index in [1.54, 1.807) is 24.3 Å². The highest BCUT2D eigenvalue weighted by Crippen LogP contribution is 2.18. The number of benzene rings is 3. The van der Waals surface area contributed by atoms with Crippen LogP contribution in [0.15, 0.2) is 84.9 Å². The Labute approximate surface area is 163 Å². The maximum absolute atomic E-state index is 11.8. The predicted molar refractivity (Wildman–Crippen MR) is 105 cm³/mol. The van der Waals surface area contributed by atoms with E-state index in [9.17, 15) is 9.59 Å². The molecule has 0 aromatic heterocycles. The molecule has 0 atom stereocenters. The molecule has 0 unspecified atom stereocenters. The van der Waals surface area contributed by atoms with Gasteiger partial charge in [-0.3, -0.25) is 0 Å². The lowest BCUT2D eigenvalue weighted by Crippen LogP contribution is -2.26. The highest BCUT2D eigenvalue weighted by atomic mass is 16.6. The van der Waals surface area contributed by atoms with Gasteiger partial charge in [0.05, 0.1) is 0 Å². The average molecular weight is 376 g/mol. The van der Waals surface area contributed by atoms with E-state index in [1.165, 1.54) is 0 Å². The molecule has 0 bridgehead atoms. The summed E-state index contributed by atoms with van der Waals surface area (Å²) in [6, 6.07) is 25.3. The summed E-state index contributed by atoms with van der Waals surface area (Å²) in [5.74, 6) is 0.699. The molecule has 0 aliphatic heterocycles. The zero-order valence-corrected chi connectivity index (χ0v) is 15.1. The van der Waals surface area contributed by atoms with Crippen LogP contribution in [0.2, 0.25) is 0 Å². The first-order valence-corrected chi connectivity index (χ1v) is 8.78. The fraction of sp³-hybridized carbons (Fsp3) is 0.0909. The molecule has 2 N–H and O–H groups in total. The summed E-state index contributed by atoms with van der Waals surface area (Å²) in [7, 11) is 0. The second kappa shape index (κ2) is 9.78. The van der Waals surface area contributed by atoms with E-state index < -0.39 is 12.2 Å². The Kier molecular flexibility index (Phi) is 6.62. The molecule has 3 aromatic carbocycles. The Morgan fingerprint density at radius 1 is 0.571 bits per heavy atom. The molecule has 0 spiro atoms. The van der Waals surface area contributed by atoms with Gasteiger partial charge in [-0.05, 0) is 35.4 Å². The van der Waals surface area contributed by atoms with Gasteiger partial charge in [-0.1, -0.05) is 60.7 Å². The van der Waals surface area contributed by atoms with Gasteiger partial charge < -0.3 is 20.1 Å². The van der Waals surface area contributed by atoms with Crippen LogP contribution in [0, 0.1) is 0 Å². The molecular formula is C22H20N2O4. The molecule has 3 rings (SSSR count). The van der Waals surface area contributed by atoms with E-state index >= 15 is 0 Å². The minimum absolute atomic E-state index is 0.350. The normalized spacial score (nSPS) is 10.0. The number of hydrogen-bond donors (Lipinski definition) is 2. The van der Waals surface area contributed by atoms with Crippen LogP contribution in [-0.4, -0.2) is 12.2 Å². The second-order valence-electron chi connectivity index (χ2n) is 5.93. The third kappa shape index (κ3) is 6.17. The summed E-state index contributed by atoms with van der Waals surface area (Å²) in [4.78, 5) is 23.7. The van der Waals surface area contributed by atoms with Gasteiger partial charge in [0, 0.05) is 13.1 Å². The summed E-state index contributed by atoms with van der Waals surface area (Å²) >= 11 is 0. The van der Waals surface area contributed by atoms with Crippen molar-refractivity contribution >= 4 is 12.2 Å². The highest BCUT2D eigenvalue weighted by molar-refractivity contribution is 5.71. The maximum Gasteiger partial charge on any atom is 0.412 e. The lowest BCUT2D eigenvalue weighted by molar-refractivity contribution is 0.197. The minimum Gasteiger partial charge on any atom is -0.410 e. The van der Waals surface area contributed by atoms with Gasteiger partial charge >= 0.3 is 12.2 Å². The van der Waals surface area contributed by atoms with Crippen LogP contribution in [0.5, 0.6) is 11.5 Å². The smallest absolute Gasteiger partial charge is 0.410 e. The van der Waals surface area contributed by atoms with Gasteiger partial charge in [0.2, 0.25) is 0 Å². The van der Waals surface area contributed by atoms with E-state index in [0.717, 1.165) is 11.1 Å². The molecule has 0 saturated carbocycles. The molecule has 2 amide bonds. The first-order chi connectivity index (χ1) is 13.7. The van der Waals surface area contributed by atoms with Gasteiger partial charge in [0.15, 0.2) is 0 Å². The standard InChI is InChI=1S/C22H20N2O4/c25-21(23-15-17-7-3-1-4-8-17)27-19-11-13-20(14-12-19)28-22(26)24-16-18-9-5-2-6-10-18/h1-14H,15-16H2,(H,23,25)(H,24,26). The van der Waals surface area contributed by atoms with Crippen LogP contribution in [0.1, 0.15) is 11.1 Å². The lowest BCUT2D eigenvalue weighted by atomic mass is 10.2. The number of carbonyl (C=O) groups excluding carboxylic acids is 2. The first kappa shape index (κ1) is 19.0. The van der Waals surface area contributed by atoms with Gasteiger partial charge in [0.25, 0.3) is 0 Å². The molecule has 0 saturated heterocycles. The van der Waals surface area contributed by atoms with E-state index in [1.807, 2.05) is 60.7 Å². The fourth-order valence-corrected chi connectivity index (χ4v) is 2.40. The monoisotopic (exact) mass is 376 g/mol. The Morgan fingerprint density at radius 2 is 0.929 bits per heavy atom. The Bertz CT molecular complexity index is 820. The Balaban J connectivity index is 1.42. The van der Waals surface area contributed by atoms with Crippen LogP contribution in [0.4, 0.5) is 9.59 Å². The summed E-state index contributed by atoms with van der Waals surface area (Å²) in [6.45, 7) is 0.755. The van der Waals surface area contributed by atoms with Crippen molar-refractivity contribution in [3.8, 4) is 11.5 Å². The summed E-state index contributed by atoms with van der Waals surface area (Å²) in [5, 5.41) is 5.34. The van der Waals surface area contributed by atoms with Crippen molar-refractivity contribution in [3.63, 3.8) is 0 Å². The third-order valence-electron chi connectivity index (χ3n) is 3.80. The molecule has 6 heteroatoms. The molecule has 6 nitrogen and oxygen atoms in total. The summed E-state index contributed by atoms with van der Waals surface area (Å²) in [5.41, 5.74) is 1.95. The van der Waals surface area contributed by atoms with Crippen LogP contribution in [-0.2, 0) is 13.1 Å². The minimum atomic E-state index is -0.557. The van der Waals surface area contributed by atoms with E-state index in [0.29, 0.717) is 24.6 Å². The topological polar surface area (TPSA) is 76.7 Å². The zero-order chi connectivity index (χ0) is 19.6. The molecule has 142 valence electrons. The number of nitrogens with one attached hydrogen (secondary N) is 2. The molecule has 0 radical (unpaired) electrons. The third-order valence-corrected chi connectivity index (χ3v) is 3.80. The Morgan fingerprint density at radius 3 is 1.29 bits per heavy atom. The van der Waals surface area contributed by atoms with Crippen molar-refractivity contribution in [1.29, 1.82) is 0 Å². The Hall–Kier alpha value is -3.80. The van der Waals surface area contributed by atoms with Crippen LogP contribution in [0.25, 0.3) is 0 Å². The van der Waals surface area contributed by atoms with Crippen molar-refractivity contribution < 1.29 is 19.1 Å². The SMILES string of the molecule is O=C(NCc1ccccc1)Oc1ccc(OC(=O)NCc2ccccc2)cc1. The molecule has 0 fully saturated rings. The summed E-state index contributed by atoms with van der Waals surface area (Å²) < 4.78 is 10.4. The second-order valence-corrected chi connectivity index (χ2v) is 5.93. The van der Waals surface area contributed by atoms with Crippen LogP contribution in [0.3, 0.4) is 0 Å². The van der Waals surface area contributed by atoms with Crippen molar-refractivity contribution in [2.75, 3.05) is 0 Å². The summed E-state index contributed by atoms with van der Waals surface area (Å²) in [6.07, 6.45) is -1.11. The number of hydrogen-bond acceptors (Lipinski definition) is 4. The van der Waals surface area contributed by atoms with Crippen molar-refractivity contribution in [2.45, 2.75) is 13.1 Å². The first-order valence-electron chi connectivity index (χ1n) is 8.78. The average Bonchev–Trinajstić information content (AvgIpc) is 2.74. The van der Waals surface area contributed by atoms with Crippen LogP contribution >= 0.6 is 0 Å². The largest absolute Gasteiger partial charge is 0.412 e. The van der Waals surface area contributed by atoms with Gasteiger partial charge in [-0.25, -0.2) is 9.59 Å². The zero-order valence-electron chi connectivity index (χ0n) is 15.1.